The van der Waals surface area contributed by atoms with Crippen LogP contribution in [0.2, 0.25) is 15.1 Å². The lowest BCUT2D eigenvalue weighted by Crippen LogP contribution is -2.02. The normalized spacial score (nSPS) is 10.5. The molecule has 0 heterocycles. The molecule has 0 spiro atoms. The van der Waals surface area contributed by atoms with Crippen molar-refractivity contribution < 1.29 is 4.92 Å². The molecular formula is C13H8BrCl3N2O2. The van der Waals surface area contributed by atoms with Gasteiger partial charge in [0.05, 0.1) is 20.7 Å². The van der Waals surface area contributed by atoms with Crippen LogP contribution in [0.25, 0.3) is 0 Å². The first-order valence-electron chi connectivity index (χ1n) is 5.70. The summed E-state index contributed by atoms with van der Waals surface area (Å²) < 4.78 is 0.688. The van der Waals surface area contributed by atoms with Gasteiger partial charge in [-0.3, -0.25) is 10.1 Å². The minimum absolute atomic E-state index is 0.0175. The van der Waals surface area contributed by atoms with E-state index in [9.17, 15) is 10.1 Å². The van der Waals surface area contributed by atoms with Gasteiger partial charge in [0.2, 0.25) is 0 Å². The number of rotatable bonds is 4. The molecule has 0 fully saturated rings. The van der Waals surface area contributed by atoms with Crippen molar-refractivity contribution in [2.75, 3.05) is 5.32 Å². The highest BCUT2D eigenvalue weighted by Gasteiger charge is 2.12. The standard InChI is InChI=1S/C13H8BrCl3N2O2/c14-9-2-4-11(13(17)12(9)16)18-6-7-5-8(19(20)21)1-3-10(7)15/h1-5,18H,6H2. The molecule has 4 nitrogen and oxygen atoms in total. The lowest BCUT2D eigenvalue weighted by Gasteiger charge is -2.11. The molecule has 110 valence electrons. The zero-order valence-electron chi connectivity index (χ0n) is 10.4. The number of nitro benzene ring substituents is 1. The van der Waals surface area contributed by atoms with Crippen molar-refractivity contribution in [3.8, 4) is 0 Å². The van der Waals surface area contributed by atoms with Crippen LogP contribution in [0.5, 0.6) is 0 Å². The van der Waals surface area contributed by atoms with Gasteiger partial charge in [-0.1, -0.05) is 34.8 Å². The van der Waals surface area contributed by atoms with Crippen molar-refractivity contribution >= 4 is 62.1 Å². The summed E-state index contributed by atoms with van der Waals surface area (Å²) >= 11 is 21.5. The fourth-order valence-corrected chi connectivity index (χ4v) is 2.69. The topological polar surface area (TPSA) is 55.2 Å². The van der Waals surface area contributed by atoms with Gasteiger partial charge in [-0.05, 0) is 39.7 Å². The lowest BCUT2D eigenvalue weighted by atomic mass is 10.2. The maximum atomic E-state index is 10.8. The van der Waals surface area contributed by atoms with Crippen molar-refractivity contribution in [2.24, 2.45) is 0 Å². The molecule has 0 unspecified atom stereocenters. The number of hydrogen-bond donors (Lipinski definition) is 1. The first-order valence-corrected chi connectivity index (χ1v) is 7.63. The molecular weight excluding hydrogens is 402 g/mol. The zero-order chi connectivity index (χ0) is 15.6. The molecule has 0 aromatic heterocycles. The summed E-state index contributed by atoms with van der Waals surface area (Å²) in [7, 11) is 0. The molecule has 8 heteroatoms. The van der Waals surface area contributed by atoms with Crippen molar-refractivity contribution in [3.63, 3.8) is 0 Å². The zero-order valence-corrected chi connectivity index (χ0v) is 14.2. The van der Waals surface area contributed by atoms with E-state index >= 15 is 0 Å². The largest absolute Gasteiger partial charge is 0.380 e. The van der Waals surface area contributed by atoms with Crippen molar-refractivity contribution in [1.29, 1.82) is 0 Å². The van der Waals surface area contributed by atoms with E-state index in [4.69, 9.17) is 34.8 Å². The number of halogens is 4. The average molecular weight is 410 g/mol. The van der Waals surface area contributed by atoms with Crippen molar-refractivity contribution in [3.05, 3.63) is 65.6 Å². The maximum absolute atomic E-state index is 10.8. The second kappa shape index (κ2) is 6.83. The van der Waals surface area contributed by atoms with Crippen molar-refractivity contribution in [1.82, 2.24) is 0 Å². The van der Waals surface area contributed by atoms with E-state index in [1.165, 1.54) is 18.2 Å². The number of benzene rings is 2. The summed E-state index contributed by atoms with van der Waals surface area (Å²) in [5, 5.41) is 15.0. The Labute approximate surface area is 144 Å². The van der Waals surface area contributed by atoms with Gasteiger partial charge in [0.1, 0.15) is 0 Å². The highest BCUT2D eigenvalue weighted by atomic mass is 79.9. The second-order valence-electron chi connectivity index (χ2n) is 4.11. The number of non-ortho nitro benzene ring substituents is 1. The van der Waals surface area contributed by atoms with E-state index in [1.807, 2.05) is 0 Å². The van der Waals surface area contributed by atoms with Gasteiger partial charge in [0.15, 0.2) is 0 Å². The van der Waals surface area contributed by atoms with Gasteiger partial charge in [0, 0.05) is 28.2 Å². The Hall–Kier alpha value is -1.01. The van der Waals surface area contributed by atoms with Crippen molar-refractivity contribution in [2.45, 2.75) is 6.54 Å². The minimum Gasteiger partial charge on any atom is -0.380 e. The molecule has 2 aromatic carbocycles. The third-order valence-electron chi connectivity index (χ3n) is 2.74. The molecule has 2 aromatic rings. The number of nitro groups is 1. The average Bonchev–Trinajstić information content (AvgIpc) is 2.45. The number of hydrogen-bond acceptors (Lipinski definition) is 3. The quantitative estimate of drug-likeness (QED) is 0.386. The molecule has 0 aliphatic carbocycles. The van der Waals surface area contributed by atoms with Gasteiger partial charge in [0.25, 0.3) is 5.69 Å². The van der Waals surface area contributed by atoms with E-state index in [1.54, 1.807) is 12.1 Å². The van der Waals surface area contributed by atoms with E-state index in [0.717, 1.165) is 0 Å². The fourth-order valence-electron chi connectivity index (χ4n) is 1.66. The van der Waals surface area contributed by atoms with Crippen LogP contribution in [0.15, 0.2) is 34.8 Å². The Morgan fingerprint density at radius 2 is 1.86 bits per heavy atom. The SMILES string of the molecule is O=[N+]([O-])c1ccc(Cl)c(CNc2ccc(Br)c(Cl)c2Cl)c1. The summed E-state index contributed by atoms with van der Waals surface area (Å²) in [5.74, 6) is 0. The number of nitrogens with zero attached hydrogens (tertiary/aromatic N) is 1. The molecule has 0 bridgehead atoms. The minimum atomic E-state index is -0.469. The molecule has 0 saturated heterocycles. The first-order chi connectivity index (χ1) is 9.90. The molecule has 0 radical (unpaired) electrons. The molecule has 2 rings (SSSR count). The maximum Gasteiger partial charge on any atom is 0.269 e. The van der Waals surface area contributed by atoms with Crippen LogP contribution in [0.4, 0.5) is 11.4 Å². The van der Waals surface area contributed by atoms with Crippen LogP contribution in [-0.4, -0.2) is 4.92 Å². The Balaban J connectivity index is 2.22. The molecule has 0 saturated carbocycles. The van der Waals surface area contributed by atoms with Gasteiger partial charge in [-0.15, -0.1) is 0 Å². The van der Waals surface area contributed by atoms with E-state index < -0.39 is 4.92 Å². The summed E-state index contributed by atoms with van der Waals surface area (Å²) in [5.41, 5.74) is 1.20. The van der Waals surface area contributed by atoms with Crippen LogP contribution < -0.4 is 5.32 Å². The van der Waals surface area contributed by atoms with Gasteiger partial charge in [-0.2, -0.15) is 0 Å². The number of anilines is 1. The number of nitrogens with one attached hydrogen (secondary N) is 1. The molecule has 0 aliphatic heterocycles. The third-order valence-corrected chi connectivity index (χ3v) is 4.88. The Morgan fingerprint density at radius 1 is 1.14 bits per heavy atom. The Bertz CT molecular complexity index is 710. The molecule has 0 amide bonds. The van der Waals surface area contributed by atoms with Crippen LogP contribution in [0, 0.1) is 10.1 Å². The first kappa shape index (κ1) is 16.4. The molecule has 1 N–H and O–H groups in total. The van der Waals surface area contributed by atoms with Gasteiger partial charge in [-0.25, -0.2) is 0 Å². The van der Waals surface area contributed by atoms with Crippen LogP contribution >= 0.6 is 50.7 Å². The Morgan fingerprint density at radius 3 is 2.52 bits per heavy atom. The highest BCUT2D eigenvalue weighted by Crippen LogP contribution is 2.36. The predicted molar refractivity (Wildman–Crippen MR) is 89.6 cm³/mol. The highest BCUT2D eigenvalue weighted by molar-refractivity contribution is 9.10. The van der Waals surface area contributed by atoms with Gasteiger partial charge < -0.3 is 5.32 Å². The fraction of sp³-hybridized carbons (Fsp3) is 0.0769. The summed E-state index contributed by atoms with van der Waals surface area (Å²) in [6.45, 7) is 0.290. The van der Waals surface area contributed by atoms with E-state index in [2.05, 4.69) is 21.2 Å². The van der Waals surface area contributed by atoms with E-state index in [-0.39, 0.29) is 12.2 Å². The molecule has 0 aliphatic rings. The van der Waals surface area contributed by atoms with Gasteiger partial charge >= 0.3 is 0 Å². The molecule has 0 atom stereocenters. The van der Waals surface area contributed by atoms with Crippen LogP contribution in [-0.2, 0) is 6.54 Å². The van der Waals surface area contributed by atoms with Crippen LogP contribution in [0.3, 0.4) is 0 Å². The molecule has 21 heavy (non-hydrogen) atoms. The summed E-state index contributed by atoms with van der Waals surface area (Å²) in [4.78, 5) is 10.3. The third kappa shape index (κ3) is 3.80. The van der Waals surface area contributed by atoms with E-state index in [0.29, 0.717) is 30.8 Å². The monoisotopic (exact) mass is 408 g/mol. The smallest absolute Gasteiger partial charge is 0.269 e. The summed E-state index contributed by atoms with van der Waals surface area (Å²) in [6, 6.07) is 7.78. The second-order valence-corrected chi connectivity index (χ2v) is 6.13. The lowest BCUT2D eigenvalue weighted by molar-refractivity contribution is -0.384. The Kier molecular flexibility index (Phi) is 5.32. The predicted octanol–water partition coefficient (Wildman–Crippen LogP) is 5.93. The van der Waals surface area contributed by atoms with Crippen LogP contribution in [0.1, 0.15) is 5.56 Å². The summed E-state index contributed by atoms with van der Waals surface area (Å²) in [6.07, 6.45) is 0.